The summed E-state index contributed by atoms with van der Waals surface area (Å²) in [5, 5.41) is 0.917. The molecule has 1 amide bonds. The molecule has 4 heteroatoms. The predicted molar refractivity (Wildman–Crippen MR) is 77.6 cm³/mol. The Morgan fingerprint density at radius 2 is 1.94 bits per heavy atom. The van der Waals surface area contributed by atoms with Crippen molar-refractivity contribution in [3.05, 3.63) is 29.8 Å². The van der Waals surface area contributed by atoms with E-state index in [0.29, 0.717) is 6.61 Å². The van der Waals surface area contributed by atoms with E-state index in [0.717, 1.165) is 36.2 Å². The van der Waals surface area contributed by atoms with Crippen molar-refractivity contribution in [2.75, 3.05) is 25.0 Å². The lowest BCUT2D eigenvalue weighted by Gasteiger charge is -2.20. The molecule has 0 heterocycles. The Hall–Kier alpha value is -1.03. The number of rotatable bonds is 7. The zero-order chi connectivity index (χ0) is 13.4. The molecule has 0 aliphatic rings. The molecule has 0 atom stereocenters. The molecule has 1 aromatic rings. The van der Waals surface area contributed by atoms with E-state index in [1.54, 1.807) is 0 Å². The van der Waals surface area contributed by atoms with Gasteiger partial charge in [-0.25, -0.2) is 0 Å². The second kappa shape index (κ2) is 8.14. The third-order valence-corrected chi connectivity index (χ3v) is 3.20. The number of nitrogens with zero attached hydrogens (tertiary/aromatic N) is 1. The fourth-order valence-electron chi connectivity index (χ4n) is 1.70. The normalized spacial score (nSPS) is 10.2. The first-order valence-electron chi connectivity index (χ1n) is 6.31. The van der Waals surface area contributed by atoms with Crippen LogP contribution in [0.25, 0.3) is 0 Å². The minimum Gasteiger partial charge on any atom is -0.494 e. The molecule has 0 saturated carbocycles. The van der Waals surface area contributed by atoms with Gasteiger partial charge in [0.25, 0.3) is 5.91 Å². The van der Waals surface area contributed by atoms with Crippen molar-refractivity contribution in [2.24, 2.45) is 0 Å². The number of hydrogen-bond acceptors (Lipinski definition) is 2. The number of hydrogen-bond donors (Lipinski definition) is 0. The van der Waals surface area contributed by atoms with Crippen LogP contribution in [0.2, 0.25) is 0 Å². The third-order valence-electron chi connectivity index (χ3n) is 2.64. The van der Waals surface area contributed by atoms with Gasteiger partial charge in [0.1, 0.15) is 5.75 Å². The summed E-state index contributed by atoms with van der Waals surface area (Å²) in [6.45, 7) is 6.10. The van der Waals surface area contributed by atoms with Gasteiger partial charge < -0.3 is 9.64 Å². The number of amides is 1. The van der Waals surface area contributed by atoms with Crippen LogP contribution in [0.3, 0.4) is 0 Å². The molecule has 0 aliphatic carbocycles. The molecular formula is C14H20BrNO2. The highest BCUT2D eigenvalue weighted by Crippen LogP contribution is 2.14. The molecule has 0 aliphatic heterocycles. The first-order chi connectivity index (χ1) is 8.72. The first kappa shape index (κ1) is 15.0. The van der Waals surface area contributed by atoms with Gasteiger partial charge in [0, 0.05) is 24.0 Å². The van der Waals surface area contributed by atoms with E-state index < -0.39 is 0 Å². The second-order valence-corrected chi connectivity index (χ2v) is 4.68. The molecule has 0 N–H and O–H groups in total. The van der Waals surface area contributed by atoms with Gasteiger partial charge in [-0.2, -0.15) is 0 Å². The molecule has 0 radical (unpaired) electrons. The molecule has 0 fully saturated rings. The molecular weight excluding hydrogens is 294 g/mol. The summed E-state index contributed by atoms with van der Waals surface area (Å²) in [6.07, 6.45) is 0.969. The highest BCUT2D eigenvalue weighted by molar-refractivity contribution is 9.09. The van der Waals surface area contributed by atoms with Gasteiger partial charge in [0.2, 0.25) is 0 Å². The molecule has 0 aromatic heterocycles. The van der Waals surface area contributed by atoms with Gasteiger partial charge in [-0.15, -0.1) is 0 Å². The van der Waals surface area contributed by atoms with Crippen LogP contribution < -0.4 is 4.74 Å². The van der Waals surface area contributed by atoms with Crippen LogP contribution in [-0.4, -0.2) is 35.8 Å². The Labute approximate surface area is 117 Å². The average Bonchev–Trinajstić information content (AvgIpc) is 2.40. The van der Waals surface area contributed by atoms with Gasteiger partial charge >= 0.3 is 0 Å². The minimum absolute atomic E-state index is 0.0847. The lowest BCUT2D eigenvalue weighted by molar-refractivity contribution is 0.0765. The molecule has 18 heavy (non-hydrogen) atoms. The van der Waals surface area contributed by atoms with Crippen LogP contribution >= 0.6 is 15.9 Å². The van der Waals surface area contributed by atoms with Crippen molar-refractivity contribution in [1.29, 1.82) is 0 Å². The standard InChI is InChI=1S/C14H20BrNO2/c1-3-16(11-5-10-15)14(17)12-6-8-13(9-7-12)18-4-2/h6-9H,3-5,10-11H2,1-2H3. The van der Waals surface area contributed by atoms with Crippen molar-refractivity contribution in [3.63, 3.8) is 0 Å². The fraction of sp³-hybridized carbons (Fsp3) is 0.500. The van der Waals surface area contributed by atoms with Crippen molar-refractivity contribution in [2.45, 2.75) is 20.3 Å². The predicted octanol–water partition coefficient (Wildman–Crippen LogP) is 3.33. The van der Waals surface area contributed by atoms with E-state index in [9.17, 15) is 4.79 Å². The van der Waals surface area contributed by atoms with Gasteiger partial charge in [0.05, 0.1) is 6.61 Å². The minimum atomic E-state index is 0.0847. The molecule has 1 aromatic carbocycles. The van der Waals surface area contributed by atoms with Crippen LogP contribution in [0.4, 0.5) is 0 Å². The Balaban J connectivity index is 2.69. The van der Waals surface area contributed by atoms with Gasteiger partial charge in [-0.3, -0.25) is 4.79 Å². The van der Waals surface area contributed by atoms with E-state index >= 15 is 0 Å². The van der Waals surface area contributed by atoms with Crippen molar-refractivity contribution in [1.82, 2.24) is 4.90 Å². The molecule has 0 unspecified atom stereocenters. The average molecular weight is 314 g/mol. The van der Waals surface area contributed by atoms with Crippen LogP contribution in [0.5, 0.6) is 5.75 Å². The second-order valence-electron chi connectivity index (χ2n) is 3.88. The zero-order valence-electron chi connectivity index (χ0n) is 11.0. The van der Waals surface area contributed by atoms with Crippen LogP contribution in [0.1, 0.15) is 30.6 Å². The van der Waals surface area contributed by atoms with Crippen LogP contribution in [0, 0.1) is 0 Å². The van der Waals surface area contributed by atoms with E-state index in [4.69, 9.17) is 4.74 Å². The van der Waals surface area contributed by atoms with E-state index in [2.05, 4.69) is 15.9 Å². The number of ether oxygens (including phenoxy) is 1. The van der Waals surface area contributed by atoms with Crippen LogP contribution in [0.15, 0.2) is 24.3 Å². The number of carbonyl (C=O) groups is 1. The highest BCUT2D eigenvalue weighted by atomic mass is 79.9. The van der Waals surface area contributed by atoms with Gasteiger partial charge in [0.15, 0.2) is 0 Å². The van der Waals surface area contributed by atoms with E-state index in [1.165, 1.54) is 0 Å². The summed E-state index contributed by atoms with van der Waals surface area (Å²) in [5.41, 5.74) is 0.717. The molecule has 3 nitrogen and oxygen atoms in total. The van der Waals surface area contributed by atoms with E-state index in [-0.39, 0.29) is 5.91 Å². The lowest BCUT2D eigenvalue weighted by atomic mass is 10.2. The van der Waals surface area contributed by atoms with Crippen molar-refractivity contribution >= 4 is 21.8 Å². The lowest BCUT2D eigenvalue weighted by Crippen LogP contribution is -2.31. The van der Waals surface area contributed by atoms with Crippen LogP contribution in [-0.2, 0) is 0 Å². The zero-order valence-corrected chi connectivity index (χ0v) is 12.6. The van der Waals surface area contributed by atoms with E-state index in [1.807, 2.05) is 43.0 Å². The SMILES string of the molecule is CCOc1ccc(C(=O)N(CC)CCCBr)cc1. The maximum Gasteiger partial charge on any atom is 0.253 e. The number of alkyl halides is 1. The third kappa shape index (κ3) is 4.33. The topological polar surface area (TPSA) is 29.5 Å². The monoisotopic (exact) mass is 313 g/mol. The summed E-state index contributed by atoms with van der Waals surface area (Å²) < 4.78 is 5.36. The van der Waals surface area contributed by atoms with Crippen molar-refractivity contribution in [3.8, 4) is 5.75 Å². The smallest absolute Gasteiger partial charge is 0.253 e. The Kier molecular flexibility index (Phi) is 6.80. The summed E-state index contributed by atoms with van der Waals surface area (Å²) in [6, 6.07) is 7.33. The van der Waals surface area contributed by atoms with Gasteiger partial charge in [-0.1, -0.05) is 15.9 Å². The maximum absolute atomic E-state index is 12.2. The summed E-state index contributed by atoms with van der Waals surface area (Å²) >= 11 is 3.38. The van der Waals surface area contributed by atoms with Gasteiger partial charge in [-0.05, 0) is 44.5 Å². The molecule has 0 saturated heterocycles. The fourth-order valence-corrected chi connectivity index (χ4v) is 1.95. The van der Waals surface area contributed by atoms with Crippen molar-refractivity contribution < 1.29 is 9.53 Å². The number of benzene rings is 1. The Bertz CT molecular complexity index is 365. The number of carbonyl (C=O) groups excluding carboxylic acids is 1. The Morgan fingerprint density at radius 3 is 2.44 bits per heavy atom. The molecule has 100 valence electrons. The quantitative estimate of drug-likeness (QED) is 0.723. The summed E-state index contributed by atoms with van der Waals surface area (Å²) in [4.78, 5) is 14.1. The molecule has 1 rings (SSSR count). The first-order valence-corrected chi connectivity index (χ1v) is 7.43. The molecule has 0 spiro atoms. The Morgan fingerprint density at radius 1 is 1.28 bits per heavy atom. The summed E-state index contributed by atoms with van der Waals surface area (Å²) in [5.74, 6) is 0.888. The highest BCUT2D eigenvalue weighted by Gasteiger charge is 2.13. The maximum atomic E-state index is 12.2. The number of halogens is 1. The largest absolute Gasteiger partial charge is 0.494 e. The summed E-state index contributed by atoms with van der Waals surface area (Å²) in [7, 11) is 0. The molecule has 0 bridgehead atoms.